The van der Waals surface area contributed by atoms with Crippen molar-refractivity contribution in [2.24, 2.45) is 0 Å². The van der Waals surface area contributed by atoms with Gasteiger partial charge in [-0.25, -0.2) is 9.37 Å². The summed E-state index contributed by atoms with van der Waals surface area (Å²) in [5, 5.41) is 0. The lowest BCUT2D eigenvalue weighted by molar-refractivity contribution is 0.455. The van der Waals surface area contributed by atoms with Crippen molar-refractivity contribution in [2.75, 3.05) is 0 Å². The summed E-state index contributed by atoms with van der Waals surface area (Å²) in [6.07, 6.45) is 3.14. The van der Waals surface area contributed by atoms with Crippen molar-refractivity contribution in [3.05, 3.63) is 71.8 Å². The maximum Gasteiger partial charge on any atom is 0.241 e. The maximum atomic E-state index is 13.4. The van der Waals surface area contributed by atoms with Crippen molar-refractivity contribution in [2.45, 2.75) is 12.8 Å². The molecule has 1 aliphatic heterocycles. The fourth-order valence-electron chi connectivity index (χ4n) is 2.60. The molecule has 4 rings (SSSR count). The first-order valence-electron chi connectivity index (χ1n) is 7.17. The second-order valence-electron chi connectivity index (χ2n) is 5.23. The molecule has 0 N–H and O–H groups in total. The Kier molecular flexibility index (Phi) is 3.07. The molecule has 0 aliphatic carbocycles. The standard InChI is InChI=1S/C18H13FN2O/c19-14-7-9-17-13(10-14)6-8-15-18(22-17)21-16(11-20-15)12-4-2-1-3-5-12/h1-5,7,9-11H,6,8H2. The highest BCUT2D eigenvalue weighted by molar-refractivity contribution is 5.59. The van der Waals surface area contributed by atoms with Gasteiger partial charge in [0.2, 0.25) is 5.88 Å². The van der Waals surface area contributed by atoms with Gasteiger partial charge in [0.25, 0.3) is 0 Å². The highest BCUT2D eigenvalue weighted by Gasteiger charge is 2.18. The van der Waals surface area contributed by atoms with Gasteiger partial charge in [-0.15, -0.1) is 0 Å². The molecule has 0 bridgehead atoms. The van der Waals surface area contributed by atoms with Crippen LogP contribution in [0.5, 0.6) is 11.6 Å². The zero-order valence-corrected chi connectivity index (χ0v) is 11.8. The lowest BCUT2D eigenvalue weighted by atomic mass is 10.1. The van der Waals surface area contributed by atoms with Crippen LogP contribution in [0.3, 0.4) is 0 Å². The van der Waals surface area contributed by atoms with Crippen molar-refractivity contribution in [3.63, 3.8) is 0 Å². The van der Waals surface area contributed by atoms with Gasteiger partial charge in [-0.05, 0) is 36.6 Å². The van der Waals surface area contributed by atoms with E-state index in [0.29, 0.717) is 24.5 Å². The maximum absolute atomic E-state index is 13.4. The number of hydrogen-bond donors (Lipinski definition) is 0. The van der Waals surface area contributed by atoms with Gasteiger partial charge in [0, 0.05) is 5.56 Å². The van der Waals surface area contributed by atoms with Gasteiger partial charge in [0.15, 0.2) is 0 Å². The van der Waals surface area contributed by atoms with Crippen molar-refractivity contribution in [1.29, 1.82) is 0 Å². The first-order valence-corrected chi connectivity index (χ1v) is 7.17. The number of hydrogen-bond acceptors (Lipinski definition) is 3. The molecular weight excluding hydrogens is 279 g/mol. The lowest BCUT2D eigenvalue weighted by Crippen LogP contribution is -1.97. The Morgan fingerprint density at radius 2 is 1.86 bits per heavy atom. The molecule has 4 heteroatoms. The van der Waals surface area contributed by atoms with Crippen molar-refractivity contribution in [3.8, 4) is 22.9 Å². The Morgan fingerprint density at radius 1 is 1.00 bits per heavy atom. The van der Waals surface area contributed by atoms with Crippen LogP contribution in [-0.2, 0) is 12.8 Å². The van der Waals surface area contributed by atoms with Gasteiger partial charge in [0.05, 0.1) is 11.9 Å². The van der Waals surface area contributed by atoms with E-state index >= 15 is 0 Å². The molecule has 0 spiro atoms. The van der Waals surface area contributed by atoms with Crippen LogP contribution in [-0.4, -0.2) is 9.97 Å². The van der Waals surface area contributed by atoms with E-state index in [1.54, 1.807) is 12.3 Å². The molecule has 2 heterocycles. The number of aromatic nitrogens is 2. The van der Waals surface area contributed by atoms with E-state index in [0.717, 1.165) is 22.5 Å². The molecule has 3 nitrogen and oxygen atoms in total. The highest BCUT2D eigenvalue weighted by atomic mass is 19.1. The molecule has 1 aromatic heterocycles. The van der Waals surface area contributed by atoms with Gasteiger partial charge in [-0.2, -0.15) is 0 Å². The van der Waals surface area contributed by atoms with Crippen molar-refractivity contribution in [1.82, 2.24) is 9.97 Å². The molecule has 0 unspecified atom stereocenters. The average Bonchev–Trinajstić information content (AvgIpc) is 2.74. The summed E-state index contributed by atoms with van der Waals surface area (Å²) >= 11 is 0. The van der Waals surface area contributed by atoms with E-state index < -0.39 is 0 Å². The molecule has 108 valence electrons. The molecular formula is C18H13FN2O. The van der Waals surface area contributed by atoms with E-state index in [4.69, 9.17) is 4.74 Å². The van der Waals surface area contributed by atoms with Crippen LogP contribution in [0.4, 0.5) is 4.39 Å². The Morgan fingerprint density at radius 3 is 2.73 bits per heavy atom. The van der Waals surface area contributed by atoms with E-state index in [2.05, 4.69) is 9.97 Å². The fraction of sp³-hybridized carbons (Fsp3) is 0.111. The predicted octanol–water partition coefficient (Wildman–Crippen LogP) is 4.17. The normalized spacial score (nSPS) is 12.8. The summed E-state index contributed by atoms with van der Waals surface area (Å²) < 4.78 is 19.2. The number of ether oxygens (including phenoxy) is 1. The van der Waals surface area contributed by atoms with Gasteiger partial charge < -0.3 is 4.74 Å². The third-order valence-electron chi connectivity index (χ3n) is 3.74. The second-order valence-corrected chi connectivity index (χ2v) is 5.23. The first kappa shape index (κ1) is 13.0. The molecule has 1 aliphatic rings. The Labute approximate surface area is 127 Å². The number of benzene rings is 2. The summed E-state index contributed by atoms with van der Waals surface area (Å²) in [6, 6.07) is 14.4. The number of rotatable bonds is 1. The van der Waals surface area contributed by atoms with Crippen LogP contribution in [0, 0.1) is 5.82 Å². The zero-order valence-electron chi connectivity index (χ0n) is 11.8. The number of aryl methyl sites for hydroxylation is 2. The first-order chi connectivity index (χ1) is 10.8. The highest BCUT2D eigenvalue weighted by Crippen LogP contribution is 2.33. The Balaban J connectivity index is 1.77. The second kappa shape index (κ2) is 5.22. The fourth-order valence-corrected chi connectivity index (χ4v) is 2.60. The summed E-state index contributed by atoms with van der Waals surface area (Å²) in [5.41, 5.74) is 3.41. The van der Waals surface area contributed by atoms with Gasteiger partial charge >= 0.3 is 0 Å². The molecule has 0 atom stereocenters. The van der Waals surface area contributed by atoms with Crippen LogP contribution < -0.4 is 4.74 Å². The molecule has 2 aromatic carbocycles. The summed E-state index contributed by atoms with van der Waals surface area (Å²) in [7, 11) is 0. The molecule has 0 saturated carbocycles. The molecule has 0 radical (unpaired) electrons. The van der Waals surface area contributed by atoms with E-state index in [9.17, 15) is 4.39 Å². The van der Waals surface area contributed by atoms with Crippen LogP contribution in [0.1, 0.15) is 11.3 Å². The minimum atomic E-state index is -0.251. The van der Waals surface area contributed by atoms with Crippen LogP contribution in [0.25, 0.3) is 11.3 Å². The molecule has 22 heavy (non-hydrogen) atoms. The SMILES string of the molecule is Fc1ccc2c(c1)CCc1ncc(-c3ccccc3)nc1O2. The minimum Gasteiger partial charge on any atom is -0.437 e. The minimum absolute atomic E-state index is 0.251. The van der Waals surface area contributed by atoms with Gasteiger partial charge in [0.1, 0.15) is 17.3 Å². The van der Waals surface area contributed by atoms with Crippen LogP contribution in [0.15, 0.2) is 54.7 Å². The van der Waals surface area contributed by atoms with Crippen LogP contribution in [0.2, 0.25) is 0 Å². The number of halogens is 1. The summed E-state index contributed by atoms with van der Waals surface area (Å²) in [5.74, 6) is 0.908. The van der Waals surface area contributed by atoms with Crippen LogP contribution >= 0.6 is 0 Å². The monoisotopic (exact) mass is 292 g/mol. The van der Waals surface area contributed by atoms with Crippen molar-refractivity contribution >= 4 is 0 Å². The topological polar surface area (TPSA) is 35.0 Å². The Hall–Kier alpha value is -2.75. The largest absolute Gasteiger partial charge is 0.437 e. The van der Waals surface area contributed by atoms with E-state index in [-0.39, 0.29) is 5.82 Å². The molecule has 0 amide bonds. The molecule has 0 saturated heterocycles. The van der Waals surface area contributed by atoms with Gasteiger partial charge in [-0.3, -0.25) is 4.98 Å². The predicted molar refractivity (Wildman–Crippen MR) is 81.4 cm³/mol. The van der Waals surface area contributed by atoms with E-state index in [1.807, 2.05) is 30.3 Å². The van der Waals surface area contributed by atoms with Crippen molar-refractivity contribution < 1.29 is 9.13 Å². The quantitative estimate of drug-likeness (QED) is 0.675. The zero-order chi connectivity index (χ0) is 14.9. The molecule has 0 fully saturated rings. The average molecular weight is 292 g/mol. The van der Waals surface area contributed by atoms with Gasteiger partial charge in [-0.1, -0.05) is 30.3 Å². The number of fused-ring (bicyclic) bond motifs is 2. The summed E-state index contributed by atoms with van der Waals surface area (Å²) in [6.45, 7) is 0. The summed E-state index contributed by atoms with van der Waals surface area (Å²) in [4.78, 5) is 9.07. The smallest absolute Gasteiger partial charge is 0.241 e. The van der Waals surface area contributed by atoms with E-state index in [1.165, 1.54) is 12.1 Å². The Bertz CT molecular complexity index is 834. The lowest BCUT2D eigenvalue weighted by Gasteiger charge is -2.09. The molecule has 3 aromatic rings. The third-order valence-corrected chi connectivity index (χ3v) is 3.74. The number of nitrogens with zero attached hydrogens (tertiary/aromatic N) is 2. The third kappa shape index (κ3) is 2.33.